The summed E-state index contributed by atoms with van der Waals surface area (Å²) in [5.74, 6) is 0.804. The minimum absolute atomic E-state index is 0.619. The minimum atomic E-state index is -0.619. The number of hydrogen-bond acceptors (Lipinski definition) is 3. The highest BCUT2D eigenvalue weighted by Crippen LogP contribution is 2.30. The van der Waals surface area contributed by atoms with Crippen molar-refractivity contribution in [3.63, 3.8) is 0 Å². The summed E-state index contributed by atoms with van der Waals surface area (Å²) in [6.45, 7) is 1.99. The third kappa shape index (κ3) is 2.48. The maximum absolute atomic E-state index is 6.58. The standard InChI is InChI=1S/C18H18N2O/c1-18(19,14-7-5-8-16(11-14)21-2)15-10-13-6-3-4-9-17(13)20-12-15/h3-12H,19H2,1-2H3. The van der Waals surface area contributed by atoms with Gasteiger partial charge in [-0.05, 0) is 42.3 Å². The monoisotopic (exact) mass is 278 g/mol. The van der Waals surface area contributed by atoms with Crippen molar-refractivity contribution in [1.29, 1.82) is 0 Å². The summed E-state index contributed by atoms with van der Waals surface area (Å²) in [5.41, 5.74) is 8.91. The van der Waals surface area contributed by atoms with Gasteiger partial charge in [0.05, 0.1) is 18.2 Å². The Bertz CT molecular complexity index is 781. The number of pyridine rings is 1. The highest BCUT2D eigenvalue weighted by Gasteiger charge is 2.24. The molecule has 0 aliphatic heterocycles. The fourth-order valence-corrected chi connectivity index (χ4v) is 2.47. The quantitative estimate of drug-likeness (QED) is 0.798. The molecule has 3 aromatic rings. The van der Waals surface area contributed by atoms with Crippen LogP contribution in [0.1, 0.15) is 18.1 Å². The normalized spacial score (nSPS) is 13.9. The number of hydrogen-bond donors (Lipinski definition) is 1. The summed E-state index contributed by atoms with van der Waals surface area (Å²) in [4.78, 5) is 4.50. The molecule has 3 rings (SSSR count). The van der Waals surface area contributed by atoms with Crippen molar-refractivity contribution < 1.29 is 4.74 Å². The van der Waals surface area contributed by atoms with Gasteiger partial charge in [0, 0.05) is 11.6 Å². The van der Waals surface area contributed by atoms with E-state index in [0.29, 0.717) is 0 Å². The molecule has 3 heteroatoms. The first kappa shape index (κ1) is 13.6. The SMILES string of the molecule is COc1cccc(C(C)(N)c2cnc3ccccc3c2)c1. The number of fused-ring (bicyclic) bond motifs is 1. The molecular formula is C18H18N2O. The van der Waals surface area contributed by atoms with Crippen LogP contribution in [0, 0.1) is 0 Å². The van der Waals surface area contributed by atoms with E-state index in [4.69, 9.17) is 10.5 Å². The van der Waals surface area contributed by atoms with Gasteiger partial charge in [-0.2, -0.15) is 0 Å². The number of ether oxygens (including phenoxy) is 1. The third-order valence-corrected chi connectivity index (χ3v) is 3.86. The van der Waals surface area contributed by atoms with Crippen LogP contribution in [0.25, 0.3) is 10.9 Å². The molecule has 1 unspecified atom stereocenters. The second-order valence-electron chi connectivity index (χ2n) is 5.35. The van der Waals surface area contributed by atoms with E-state index in [9.17, 15) is 0 Å². The predicted octanol–water partition coefficient (Wildman–Crippen LogP) is 3.47. The molecule has 1 heterocycles. The molecule has 0 spiro atoms. The molecule has 0 saturated heterocycles. The molecule has 0 aliphatic rings. The van der Waals surface area contributed by atoms with E-state index in [2.05, 4.69) is 11.1 Å². The van der Waals surface area contributed by atoms with Gasteiger partial charge in [-0.15, -0.1) is 0 Å². The van der Waals surface area contributed by atoms with Crippen LogP contribution < -0.4 is 10.5 Å². The summed E-state index contributed by atoms with van der Waals surface area (Å²) >= 11 is 0. The molecular weight excluding hydrogens is 260 g/mol. The first-order chi connectivity index (χ1) is 10.1. The fourth-order valence-electron chi connectivity index (χ4n) is 2.47. The summed E-state index contributed by atoms with van der Waals surface area (Å²) in [5, 5.41) is 1.09. The number of benzene rings is 2. The zero-order valence-corrected chi connectivity index (χ0v) is 12.2. The number of nitrogens with two attached hydrogens (primary N) is 1. The van der Waals surface area contributed by atoms with Gasteiger partial charge in [-0.25, -0.2) is 0 Å². The largest absolute Gasteiger partial charge is 0.497 e. The van der Waals surface area contributed by atoms with Crippen LogP contribution in [0.3, 0.4) is 0 Å². The van der Waals surface area contributed by atoms with E-state index in [1.54, 1.807) is 7.11 Å². The Morgan fingerprint density at radius 1 is 1.00 bits per heavy atom. The maximum atomic E-state index is 6.58. The van der Waals surface area contributed by atoms with Crippen molar-refractivity contribution in [3.05, 3.63) is 71.9 Å². The van der Waals surface area contributed by atoms with Crippen LogP contribution >= 0.6 is 0 Å². The Kier molecular flexibility index (Phi) is 3.35. The van der Waals surface area contributed by atoms with Crippen LogP contribution in [0.2, 0.25) is 0 Å². The van der Waals surface area contributed by atoms with E-state index in [1.165, 1.54) is 0 Å². The second kappa shape index (κ2) is 5.19. The summed E-state index contributed by atoms with van der Waals surface area (Å²) in [6.07, 6.45) is 1.85. The summed E-state index contributed by atoms with van der Waals surface area (Å²) < 4.78 is 5.28. The van der Waals surface area contributed by atoms with E-state index < -0.39 is 5.54 Å². The lowest BCUT2D eigenvalue weighted by atomic mass is 9.86. The molecule has 0 saturated carbocycles. The minimum Gasteiger partial charge on any atom is -0.497 e. The predicted molar refractivity (Wildman–Crippen MR) is 85.4 cm³/mol. The molecule has 106 valence electrons. The number of rotatable bonds is 3. The summed E-state index contributed by atoms with van der Waals surface area (Å²) in [6, 6.07) is 18.0. The highest BCUT2D eigenvalue weighted by atomic mass is 16.5. The van der Waals surface area contributed by atoms with Gasteiger partial charge >= 0.3 is 0 Å². The van der Waals surface area contributed by atoms with Gasteiger partial charge in [0.1, 0.15) is 5.75 Å². The van der Waals surface area contributed by atoms with Crippen molar-refractivity contribution in [2.75, 3.05) is 7.11 Å². The Labute approximate surface area is 124 Å². The number of para-hydroxylation sites is 1. The molecule has 0 radical (unpaired) electrons. The number of nitrogens with zero attached hydrogens (tertiary/aromatic N) is 1. The Morgan fingerprint density at radius 3 is 2.62 bits per heavy atom. The van der Waals surface area contributed by atoms with Crippen LogP contribution in [0.5, 0.6) is 5.75 Å². The van der Waals surface area contributed by atoms with E-state index in [-0.39, 0.29) is 0 Å². The molecule has 0 aliphatic carbocycles. The van der Waals surface area contributed by atoms with Gasteiger partial charge < -0.3 is 10.5 Å². The van der Waals surface area contributed by atoms with Crippen LogP contribution in [-0.4, -0.2) is 12.1 Å². The van der Waals surface area contributed by atoms with Crippen LogP contribution in [0.15, 0.2) is 60.8 Å². The molecule has 1 aromatic heterocycles. The zero-order chi connectivity index (χ0) is 14.9. The summed E-state index contributed by atoms with van der Waals surface area (Å²) in [7, 11) is 1.66. The Balaban J connectivity index is 2.09. The average Bonchev–Trinajstić information content (AvgIpc) is 2.54. The number of methoxy groups -OCH3 is 1. The average molecular weight is 278 g/mol. The molecule has 0 bridgehead atoms. The highest BCUT2D eigenvalue weighted by molar-refractivity contribution is 5.79. The van der Waals surface area contributed by atoms with Gasteiger partial charge in [0.2, 0.25) is 0 Å². The van der Waals surface area contributed by atoms with Crippen LogP contribution in [0.4, 0.5) is 0 Å². The van der Waals surface area contributed by atoms with E-state index >= 15 is 0 Å². The van der Waals surface area contributed by atoms with Crippen molar-refractivity contribution in [1.82, 2.24) is 4.98 Å². The van der Waals surface area contributed by atoms with Gasteiger partial charge in [0.25, 0.3) is 0 Å². The molecule has 1 atom stereocenters. The molecule has 3 nitrogen and oxygen atoms in total. The smallest absolute Gasteiger partial charge is 0.119 e. The van der Waals surface area contributed by atoms with E-state index in [0.717, 1.165) is 27.8 Å². The lowest BCUT2D eigenvalue weighted by Crippen LogP contribution is -2.34. The lowest BCUT2D eigenvalue weighted by molar-refractivity contribution is 0.413. The first-order valence-corrected chi connectivity index (χ1v) is 6.90. The molecule has 0 amide bonds. The van der Waals surface area contributed by atoms with Crippen molar-refractivity contribution in [2.24, 2.45) is 5.73 Å². The van der Waals surface area contributed by atoms with Crippen molar-refractivity contribution in [3.8, 4) is 5.75 Å². The second-order valence-corrected chi connectivity index (χ2v) is 5.35. The molecule has 0 fully saturated rings. The molecule has 21 heavy (non-hydrogen) atoms. The van der Waals surface area contributed by atoms with Crippen LogP contribution in [-0.2, 0) is 5.54 Å². The third-order valence-electron chi connectivity index (χ3n) is 3.86. The van der Waals surface area contributed by atoms with Gasteiger partial charge in [-0.3, -0.25) is 4.98 Å². The topological polar surface area (TPSA) is 48.1 Å². The Morgan fingerprint density at radius 2 is 1.81 bits per heavy atom. The molecule has 2 aromatic carbocycles. The molecule has 2 N–H and O–H groups in total. The zero-order valence-electron chi connectivity index (χ0n) is 12.2. The maximum Gasteiger partial charge on any atom is 0.119 e. The first-order valence-electron chi connectivity index (χ1n) is 6.90. The van der Waals surface area contributed by atoms with Gasteiger partial charge in [0.15, 0.2) is 0 Å². The lowest BCUT2D eigenvalue weighted by Gasteiger charge is -2.26. The van der Waals surface area contributed by atoms with Gasteiger partial charge in [-0.1, -0.05) is 30.3 Å². The fraction of sp³-hybridized carbons (Fsp3) is 0.167. The number of aromatic nitrogens is 1. The Hall–Kier alpha value is -2.39. The van der Waals surface area contributed by atoms with Crippen molar-refractivity contribution in [2.45, 2.75) is 12.5 Å². The van der Waals surface area contributed by atoms with Crippen molar-refractivity contribution >= 4 is 10.9 Å². The van der Waals surface area contributed by atoms with E-state index in [1.807, 2.05) is 61.7 Å².